The smallest absolute Gasteiger partial charge is 0.319 e. The van der Waals surface area contributed by atoms with Gasteiger partial charge in [0, 0.05) is 12.2 Å². The quantitative estimate of drug-likeness (QED) is 0.766. The van der Waals surface area contributed by atoms with E-state index in [9.17, 15) is 9.59 Å². The molecule has 1 rings (SSSR count). The molecule has 0 aliphatic carbocycles. The van der Waals surface area contributed by atoms with Crippen molar-refractivity contribution in [2.24, 2.45) is 5.41 Å². The maximum absolute atomic E-state index is 11.6. The molecule has 1 aromatic carbocycles. The monoisotopic (exact) mass is 250 g/mol. The zero-order valence-electron chi connectivity index (χ0n) is 10.8. The first-order valence-corrected chi connectivity index (χ1v) is 5.66. The van der Waals surface area contributed by atoms with Crippen LogP contribution in [0.15, 0.2) is 24.3 Å². The summed E-state index contributed by atoms with van der Waals surface area (Å²) in [5.41, 5.74) is 0.739. The number of nitrogens with one attached hydrogen (secondary N) is 2. The summed E-state index contributed by atoms with van der Waals surface area (Å²) in [7, 11) is 0. The van der Waals surface area contributed by atoms with Crippen molar-refractivity contribution in [1.29, 1.82) is 0 Å². The Morgan fingerprint density at radius 1 is 1.33 bits per heavy atom. The number of amides is 2. The van der Waals surface area contributed by atoms with Crippen LogP contribution >= 0.6 is 0 Å². The molecule has 0 spiro atoms. The summed E-state index contributed by atoms with van der Waals surface area (Å²) in [6.07, 6.45) is 0. The van der Waals surface area contributed by atoms with E-state index in [1.165, 1.54) is 0 Å². The van der Waals surface area contributed by atoms with E-state index >= 15 is 0 Å². The average molecular weight is 250 g/mol. The van der Waals surface area contributed by atoms with Gasteiger partial charge in [0.1, 0.15) is 0 Å². The second-order valence-corrected chi connectivity index (χ2v) is 4.87. The fourth-order valence-electron chi connectivity index (χ4n) is 1.27. The fraction of sp³-hybridized carbons (Fsp3) is 0.385. The second kappa shape index (κ2) is 5.53. The third-order valence-corrected chi connectivity index (χ3v) is 2.55. The van der Waals surface area contributed by atoms with Gasteiger partial charge in [-0.1, -0.05) is 12.1 Å². The summed E-state index contributed by atoms with van der Waals surface area (Å²) >= 11 is 0. The molecule has 0 aromatic heterocycles. The maximum Gasteiger partial charge on any atom is 0.319 e. The largest absolute Gasteiger partial charge is 0.481 e. The van der Waals surface area contributed by atoms with Crippen molar-refractivity contribution in [3.63, 3.8) is 0 Å². The van der Waals surface area contributed by atoms with Gasteiger partial charge in [-0.15, -0.1) is 0 Å². The first-order valence-electron chi connectivity index (χ1n) is 5.66. The highest BCUT2D eigenvalue weighted by Crippen LogP contribution is 2.13. The van der Waals surface area contributed by atoms with Crippen molar-refractivity contribution in [3.05, 3.63) is 29.8 Å². The van der Waals surface area contributed by atoms with E-state index < -0.39 is 17.4 Å². The molecule has 0 aliphatic heterocycles. The average Bonchev–Trinajstić information content (AvgIpc) is 2.26. The van der Waals surface area contributed by atoms with Crippen molar-refractivity contribution >= 4 is 17.7 Å². The third kappa shape index (κ3) is 4.08. The SMILES string of the molecule is Cc1cccc(NC(=O)NCC(C)(C)C(=O)O)c1. The fourth-order valence-corrected chi connectivity index (χ4v) is 1.27. The van der Waals surface area contributed by atoms with Crippen LogP contribution in [0.4, 0.5) is 10.5 Å². The molecular weight excluding hydrogens is 232 g/mol. The number of anilines is 1. The van der Waals surface area contributed by atoms with E-state index in [4.69, 9.17) is 5.11 Å². The maximum atomic E-state index is 11.6. The Hall–Kier alpha value is -2.04. The summed E-state index contributed by atoms with van der Waals surface area (Å²) in [6, 6.07) is 6.97. The Morgan fingerprint density at radius 3 is 2.56 bits per heavy atom. The number of hydrogen-bond donors (Lipinski definition) is 3. The van der Waals surface area contributed by atoms with Crippen LogP contribution in [-0.4, -0.2) is 23.7 Å². The van der Waals surface area contributed by atoms with Gasteiger partial charge in [-0.25, -0.2) is 4.79 Å². The number of benzene rings is 1. The van der Waals surface area contributed by atoms with Gasteiger partial charge >= 0.3 is 12.0 Å². The van der Waals surface area contributed by atoms with Crippen molar-refractivity contribution in [3.8, 4) is 0 Å². The minimum atomic E-state index is -0.982. The van der Waals surface area contributed by atoms with Crippen molar-refractivity contribution in [2.75, 3.05) is 11.9 Å². The number of hydrogen-bond acceptors (Lipinski definition) is 2. The summed E-state index contributed by atoms with van der Waals surface area (Å²) < 4.78 is 0. The molecule has 0 heterocycles. The van der Waals surface area contributed by atoms with E-state index in [2.05, 4.69) is 10.6 Å². The lowest BCUT2D eigenvalue weighted by molar-refractivity contribution is -0.146. The van der Waals surface area contributed by atoms with E-state index in [0.717, 1.165) is 5.56 Å². The van der Waals surface area contributed by atoms with Crippen molar-refractivity contribution < 1.29 is 14.7 Å². The lowest BCUT2D eigenvalue weighted by Gasteiger charge is -2.19. The van der Waals surface area contributed by atoms with Crippen LogP contribution in [0.3, 0.4) is 0 Å². The number of aliphatic carboxylic acids is 1. The zero-order valence-corrected chi connectivity index (χ0v) is 10.8. The Morgan fingerprint density at radius 2 is 2.00 bits per heavy atom. The third-order valence-electron chi connectivity index (χ3n) is 2.55. The van der Waals surface area contributed by atoms with E-state index in [1.54, 1.807) is 19.9 Å². The molecule has 0 aliphatic rings. The molecule has 0 saturated heterocycles. The Kier molecular flexibility index (Phi) is 4.31. The predicted octanol–water partition coefficient (Wildman–Crippen LogP) is 2.23. The molecule has 18 heavy (non-hydrogen) atoms. The number of carbonyl (C=O) groups is 2. The first-order chi connectivity index (χ1) is 8.31. The van der Waals surface area contributed by atoms with Gasteiger partial charge in [0.25, 0.3) is 0 Å². The number of carbonyl (C=O) groups excluding carboxylic acids is 1. The number of carboxylic acids is 1. The molecule has 5 heteroatoms. The lowest BCUT2D eigenvalue weighted by atomic mass is 9.94. The molecule has 0 saturated carbocycles. The van der Waals surface area contributed by atoms with Crippen LogP contribution in [-0.2, 0) is 4.79 Å². The number of carboxylic acid groups (broad SMARTS) is 1. The van der Waals surface area contributed by atoms with Gasteiger partial charge < -0.3 is 15.7 Å². The van der Waals surface area contributed by atoms with Gasteiger partial charge in [0.2, 0.25) is 0 Å². The molecule has 0 radical (unpaired) electrons. The van der Waals surface area contributed by atoms with Crippen LogP contribution in [0.1, 0.15) is 19.4 Å². The molecular formula is C13H18N2O3. The predicted molar refractivity (Wildman–Crippen MR) is 69.6 cm³/mol. The number of aryl methyl sites for hydroxylation is 1. The molecule has 0 fully saturated rings. The topological polar surface area (TPSA) is 78.4 Å². The molecule has 0 bridgehead atoms. The normalized spacial score (nSPS) is 10.8. The highest BCUT2D eigenvalue weighted by atomic mass is 16.4. The van der Waals surface area contributed by atoms with Gasteiger partial charge in [-0.2, -0.15) is 0 Å². The summed E-state index contributed by atoms with van der Waals surface area (Å²) in [5.74, 6) is -0.946. The number of urea groups is 1. The molecule has 98 valence electrons. The Labute approximate surface area is 106 Å². The number of rotatable bonds is 4. The second-order valence-electron chi connectivity index (χ2n) is 4.87. The van der Waals surface area contributed by atoms with Gasteiger partial charge in [0.05, 0.1) is 5.41 Å². The van der Waals surface area contributed by atoms with Crippen LogP contribution in [0.5, 0.6) is 0 Å². The van der Waals surface area contributed by atoms with Crippen LogP contribution in [0, 0.1) is 12.3 Å². The van der Waals surface area contributed by atoms with E-state index in [1.807, 2.05) is 25.1 Å². The highest BCUT2D eigenvalue weighted by molar-refractivity contribution is 5.89. The molecule has 2 amide bonds. The van der Waals surface area contributed by atoms with Crippen molar-refractivity contribution in [1.82, 2.24) is 5.32 Å². The first kappa shape index (κ1) is 14.0. The van der Waals surface area contributed by atoms with Gasteiger partial charge in [-0.3, -0.25) is 4.79 Å². The van der Waals surface area contributed by atoms with Gasteiger partial charge in [0.15, 0.2) is 0 Å². The van der Waals surface area contributed by atoms with Crippen LogP contribution < -0.4 is 10.6 Å². The summed E-state index contributed by atoms with van der Waals surface area (Å²) in [4.78, 5) is 22.4. The van der Waals surface area contributed by atoms with Crippen LogP contribution in [0.25, 0.3) is 0 Å². The minimum absolute atomic E-state index is 0.0694. The molecule has 0 atom stereocenters. The van der Waals surface area contributed by atoms with Crippen LogP contribution in [0.2, 0.25) is 0 Å². The Bertz CT molecular complexity index is 455. The minimum Gasteiger partial charge on any atom is -0.481 e. The molecule has 0 unspecified atom stereocenters. The summed E-state index contributed by atoms with van der Waals surface area (Å²) in [6.45, 7) is 5.11. The van der Waals surface area contributed by atoms with Gasteiger partial charge in [-0.05, 0) is 38.5 Å². The standard InChI is InChI=1S/C13H18N2O3/c1-9-5-4-6-10(7-9)15-12(18)14-8-13(2,3)11(16)17/h4-7H,8H2,1-3H3,(H,16,17)(H2,14,15,18). The lowest BCUT2D eigenvalue weighted by Crippen LogP contribution is -2.40. The van der Waals surface area contributed by atoms with E-state index in [0.29, 0.717) is 5.69 Å². The molecule has 3 N–H and O–H groups in total. The molecule has 5 nitrogen and oxygen atoms in total. The Balaban J connectivity index is 2.50. The highest BCUT2D eigenvalue weighted by Gasteiger charge is 2.27. The summed E-state index contributed by atoms with van der Waals surface area (Å²) in [5, 5.41) is 14.1. The zero-order chi connectivity index (χ0) is 13.8. The molecule has 1 aromatic rings. The van der Waals surface area contributed by atoms with E-state index in [-0.39, 0.29) is 6.54 Å². The van der Waals surface area contributed by atoms with Crippen molar-refractivity contribution in [2.45, 2.75) is 20.8 Å².